The zero-order chi connectivity index (χ0) is 17.7. The van der Waals surface area contributed by atoms with E-state index < -0.39 is 5.97 Å². The quantitative estimate of drug-likeness (QED) is 0.464. The Morgan fingerprint density at radius 1 is 1.46 bits per heavy atom. The number of methoxy groups -OCH3 is 1. The second-order valence-electron chi connectivity index (χ2n) is 5.46. The number of carboxylic acid groups (broad SMARTS) is 1. The van der Waals surface area contributed by atoms with E-state index in [0.29, 0.717) is 23.1 Å². The summed E-state index contributed by atoms with van der Waals surface area (Å²) in [5, 5.41) is 9.06. The van der Waals surface area contributed by atoms with Crippen molar-refractivity contribution in [2.45, 2.75) is 19.3 Å². The monoisotopic (exact) mass is 330 g/mol. The summed E-state index contributed by atoms with van der Waals surface area (Å²) in [6.45, 7) is 3.57. The lowest BCUT2D eigenvalue weighted by molar-refractivity contribution is -0.135. The van der Waals surface area contributed by atoms with Gasteiger partial charge in [-0.05, 0) is 25.3 Å². The van der Waals surface area contributed by atoms with Crippen LogP contribution in [-0.2, 0) is 22.4 Å². The fourth-order valence-electron chi connectivity index (χ4n) is 2.69. The molecule has 0 bridgehead atoms. The van der Waals surface area contributed by atoms with Crippen molar-refractivity contribution in [3.8, 4) is 0 Å². The van der Waals surface area contributed by atoms with Crippen LogP contribution in [0.5, 0.6) is 0 Å². The van der Waals surface area contributed by atoms with Gasteiger partial charge in [-0.25, -0.2) is 9.97 Å². The largest absolute Gasteiger partial charge is 0.497 e. The third-order valence-corrected chi connectivity index (χ3v) is 3.83. The molecule has 0 amide bonds. The number of allylic oxidation sites excluding steroid dienone is 2. The Morgan fingerprint density at radius 2 is 2.21 bits per heavy atom. The van der Waals surface area contributed by atoms with Gasteiger partial charge in [-0.2, -0.15) is 0 Å². The van der Waals surface area contributed by atoms with Crippen LogP contribution in [0.2, 0.25) is 0 Å². The molecule has 0 radical (unpaired) electrons. The number of anilines is 1. The van der Waals surface area contributed by atoms with Gasteiger partial charge in [-0.3, -0.25) is 9.79 Å². The van der Waals surface area contributed by atoms with E-state index in [2.05, 4.69) is 21.5 Å². The Morgan fingerprint density at radius 3 is 2.79 bits per heavy atom. The van der Waals surface area contributed by atoms with Gasteiger partial charge in [-0.1, -0.05) is 6.58 Å². The fraction of sp³-hybridized carbons (Fsp3) is 0.412. The Kier molecular flexibility index (Phi) is 5.68. The number of hydrogen-bond donors (Lipinski definition) is 1. The summed E-state index contributed by atoms with van der Waals surface area (Å²) in [4.78, 5) is 26.1. The number of hydrogen-bond acceptors (Lipinski definition) is 6. The highest BCUT2D eigenvalue weighted by Gasteiger charge is 2.23. The van der Waals surface area contributed by atoms with Crippen molar-refractivity contribution in [3.05, 3.63) is 41.6 Å². The van der Waals surface area contributed by atoms with Gasteiger partial charge in [-0.15, -0.1) is 0 Å². The molecule has 0 atom stereocenters. The van der Waals surface area contributed by atoms with Crippen molar-refractivity contribution in [3.63, 3.8) is 0 Å². The number of carboxylic acids is 1. The lowest BCUT2D eigenvalue weighted by Gasteiger charge is -2.19. The van der Waals surface area contributed by atoms with Crippen molar-refractivity contribution in [1.82, 2.24) is 9.97 Å². The molecule has 128 valence electrons. The molecule has 0 spiro atoms. The average Bonchev–Trinajstić information content (AvgIpc) is 3.03. The molecule has 0 fully saturated rings. The molecular weight excluding hydrogens is 308 g/mol. The van der Waals surface area contributed by atoms with Crippen LogP contribution >= 0.6 is 0 Å². The number of nitrogens with zero attached hydrogens (tertiary/aromatic N) is 4. The maximum Gasteiger partial charge on any atom is 0.323 e. The first kappa shape index (κ1) is 17.7. The minimum atomic E-state index is -0.901. The van der Waals surface area contributed by atoms with Gasteiger partial charge in [0.2, 0.25) is 0 Å². The van der Waals surface area contributed by atoms with Crippen LogP contribution in [0.4, 0.5) is 5.82 Å². The summed E-state index contributed by atoms with van der Waals surface area (Å²) >= 11 is 0. The molecule has 7 heteroatoms. The maximum atomic E-state index is 11.0. The van der Waals surface area contributed by atoms with Crippen LogP contribution in [-0.4, -0.2) is 54.5 Å². The SMILES string of the molecule is C=C/C(=C\C(=NC)c1nc2c(c(N(C)CC(=O)O)n1)CCC2)OC. The molecule has 0 aliphatic heterocycles. The zero-order valence-corrected chi connectivity index (χ0v) is 14.2. The van der Waals surface area contributed by atoms with Crippen LogP contribution in [0, 0.1) is 0 Å². The molecule has 2 rings (SSSR count). The van der Waals surface area contributed by atoms with Crippen LogP contribution in [0.15, 0.2) is 29.5 Å². The van der Waals surface area contributed by atoms with E-state index in [1.807, 2.05) is 0 Å². The third kappa shape index (κ3) is 3.79. The molecule has 1 aromatic heterocycles. The predicted molar refractivity (Wildman–Crippen MR) is 92.7 cm³/mol. The summed E-state index contributed by atoms with van der Waals surface area (Å²) in [6, 6.07) is 0. The van der Waals surface area contributed by atoms with Gasteiger partial charge < -0.3 is 14.7 Å². The van der Waals surface area contributed by atoms with Gasteiger partial charge in [0.15, 0.2) is 5.82 Å². The predicted octanol–water partition coefficient (Wildman–Crippen LogP) is 1.62. The number of rotatable bonds is 7. The van der Waals surface area contributed by atoms with E-state index in [-0.39, 0.29) is 6.54 Å². The first-order chi connectivity index (χ1) is 11.5. The number of aromatic nitrogens is 2. The summed E-state index contributed by atoms with van der Waals surface area (Å²) < 4.78 is 5.19. The standard InChI is InChI=1S/C17H22N4O3/c1-5-11(24-4)9-14(18-2)16-19-13-8-6-7-12(13)17(20-16)21(3)10-15(22)23/h5,9H,1,6-8,10H2,2-4H3,(H,22,23)/b11-9+,18-14?. The topological polar surface area (TPSA) is 87.9 Å². The van der Waals surface area contributed by atoms with E-state index in [4.69, 9.17) is 9.84 Å². The van der Waals surface area contributed by atoms with Crippen LogP contribution in [0.25, 0.3) is 0 Å². The number of fused-ring (bicyclic) bond motifs is 1. The minimum Gasteiger partial charge on any atom is -0.497 e. The zero-order valence-electron chi connectivity index (χ0n) is 14.2. The lowest BCUT2D eigenvalue weighted by atomic mass is 10.2. The molecular formula is C17H22N4O3. The van der Waals surface area contributed by atoms with Crippen molar-refractivity contribution in [2.75, 3.05) is 32.6 Å². The Hall–Kier alpha value is -2.70. The van der Waals surface area contributed by atoms with Gasteiger partial charge in [0.1, 0.15) is 23.8 Å². The molecule has 7 nitrogen and oxygen atoms in total. The van der Waals surface area contributed by atoms with Crippen molar-refractivity contribution in [1.29, 1.82) is 0 Å². The Labute approximate surface area is 141 Å². The fourth-order valence-corrected chi connectivity index (χ4v) is 2.69. The highest BCUT2D eigenvalue weighted by atomic mass is 16.5. The number of aliphatic imine (C=N–C) groups is 1. The van der Waals surface area contributed by atoms with E-state index >= 15 is 0 Å². The van der Waals surface area contributed by atoms with Crippen molar-refractivity contribution < 1.29 is 14.6 Å². The Balaban J connectivity index is 2.50. The molecule has 1 N–H and O–H groups in total. The van der Waals surface area contributed by atoms with E-state index in [9.17, 15) is 4.79 Å². The smallest absolute Gasteiger partial charge is 0.323 e. The molecule has 0 aromatic carbocycles. The second-order valence-corrected chi connectivity index (χ2v) is 5.46. The van der Waals surface area contributed by atoms with E-state index in [0.717, 1.165) is 30.5 Å². The first-order valence-corrected chi connectivity index (χ1v) is 7.68. The average molecular weight is 330 g/mol. The van der Waals surface area contributed by atoms with Gasteiger partial charge in [0, 0.05) is 31.4 Å². The maximum absolute atomic E-state index is 11.0. The summed E-state index contributed by atoms with van der Waals surface area (Å²) in [5.41, 5.74) is 2.54. The van der Waals surface area contributed by atoms with E-state index in [1.165, 1.54) is 0 Å². The molecule has 1 aliphatic carbocycles. The Bertz CT molecular complexity index is 710. The number of likely N-dealkylation sites (N-methyl/N-ethyl adjacent to an activating group) is 1. The molecule has 1 aliphatic rings. The molecule has 0 saturated carbocycles. The lowest BCUT2D eigenvalue weighted by Crippen LogP contribution is -2.28. The minimum absolute atomic E-state index is 0.118. The summed E-state index contributed by atoms with van der Waals surface area (Å²) in [7, 11) is 4.93. The van der Waals surface area contributed by atoms with E-state index in [1.54, 1.807) is 38.3 Å². The number of carbonyl (C=O) groups is 1. The molecule has 1 heterocycles. The van der Waals surface area contributed by atoms with Crippen molar-refractivity contribution >= 4 is 17.5 Å². The highest BCUT2D eigenvalue weighted by Crippen LogP contribution is 2.28. The van der Waals surface area contributed by atoms with Crippen molar-refractivity contribution in [2.24, 2.45) is 4.99 Å². The first-order valence-electron chi connectivity index (χ1n) is 7.68. The van der Waals surface area contributed by atoms with Gasteiger partial charge >= 0.3 is 5.97 Å². The molecule has 0 unspecified atom stereocenters. The molecule has 0 saturated heterocycles. The highest BCUT2D eigenvalue weighted by molar-refractivity contribution is 6.06. The van der Waals surface area contributed by atoms with Crippen LogP contribution < -0.4 is 4.90 Å². The van der Waals surface area contributed by atoms with Crippen LogP contribution in [0.1, 0.15) is 23.5 Å². The van der Waals surface area contributed by atoms with Gasteiger partial charge in [0.25, 0.3) is 0 Å². The second kappa shape index (κ2) is 7.72. The number of ether oxygens (including phenoxy) is 1. The number of aliphatic carboxylic acids is 1. The van der Waals surface area contributed by atoms with Crippen LogP contribution in [0.3, 0.4) is 0 Å². The normalized spacial score (nSPS) is 14.3. The molecule has 24 heavy (non-hydrogen) atoms. The third-order valence-electron chi connectivity index (χ3n) is 3.83. The van der Waals surface area contributed by atoms with Gasteiger partial charge in [0.05, 0.1) is 7.11 Å². The summed E-state index contributed by atoms with van der Waals surface area (Å²) in [5.74, 6) is 0.769. The molecule has 1 aromatic rings. The number of aryl methyl sites for hydroxylation is 1. The summed E-state index contributed by atoms with van der Waals surface area (Å²) in [6.07, 6.45) is 6.00.